The normalized spacial score (nSPS) is 12.3. The van der Waals surface area contributed by atoms with Crippen LogP contribution >= 0.6 is 14.1 Å². The minimum absolute atomic E-state index is 1.02. The van der Waals surface area contributed by atoms with Crippen molar-refractivity contribution in [2.24, 2.45) is 9.49 Å². The van der Waals surface area contributed by atoms with Crippen LogP contribution in [0.3, 0.4) is 0 Å². The van der Waals surface area contributed by atoms with E-state index in [1.54, 1.807) is 0 Å². The molecule has 0 saturated heterocycles. The Morgan fingerprint density at radius 2 is 0.567 bits per heavy atom. The Balaban J connectivity index is 5.52. The molecule has 0 saturated carbocycles. The molecule has 4 heteroatoms. The Morgan fingerprint density at radius 3 is 0.733 bits per heavy atom. The molecule has 30 heavy (non-hydrogen) atoms. The molecule has 0 aromatic heterocycles. The highest BCUT2D eigenvalue weighted by molar-refractivity contribution is 7.66. The van der Waals surface area contributed by atoms with Gasteiger partial charge in [-0.3, -0.25) is 0 Å². The molecule has 0 amide bonds. The van der Waals surface area contributed by atoms with Gasteiger partial charge in [-0.1, -0.05) is 80.1 Å². The summed E-state index contributed by atoms with van der Waals surface area (Å²) in [4.78, 5) is 0. The van der Waals surface area contributed by atoms with Gasteiger partial charge in [0, 0.05) is 0 Å². The highest BCUT2D eigenvalue weighted by atomic mass is 31.2. The van der Waals surface area contributed by atoms with Gasteiger partial charge in [-0.05, 0) is 89.6 Å². The Bertz CT molecular complexity index is 384. The van der Waals surface area contributed by atoms with Gasteiger partial charge in [0.25, 0.3) is 0 Å². The van der Waals surface area contributed by atoms with Crippen molar-refractivity contribution in [2.45, 2.75) is 119 Å². The summed E-state index contributed by atoms with van der Waals surface area (Å²) in [6, 6.07) is 0. The fourth-order valence-corrected chi connectivity index (χ4v) is 13.0. The molecule has 0 rings (SSSR count). The van der Waals surface area contributed by atoms with Crippen LogP contribution in [0.1, 0.15) is 119 Å². The summed E-state index contributed by atoms with van der Waals surface area (Å²) in [5.41, 5.74) is 0. The van der Waals surface area contributed by atoms with Crippen LogP contribution in [0.4, 0.5) is 0 Å². The van der Waals surface area contributed by atoms with E-state index in [0.717, 1.165) is 13.1 Å². The molecule has 0 aliphatic rings. The van der Waals surface area contributed by atoms with Crippen molar-refractivity contribution in [2.75, 3.05) is 50.1 Å². The Kier molecular flexibility index (Phi) is 20.4. The average molecular weight is 461 g/mol. The minimum Gasteiger partial charge on any atom is -0.301 e. The van der Waals surface area contributed by atoms with Gasteiger partial charge in [-0.25, -0.2) is 0 Å². The van der Waals surface area contributed by atoms with E-state index in [2.05, 4.69) is 41.5 Å². The van der Waals surface area contributed by atoms with Crippen LogP contribution < -0.4 is 0 Å². The smallest absolute Gasteiger partial charge is 0.0569 e. The molecular weight excluding hydrogens is 402 g/mol. The lowest BCUT2D eigenvalue weighted by molar-refractivity contribution is 0.829. The lowest BCUT2D eigenvalue weighted by Crippen LogP contribution is -2.05. The zero-order valence-corrected chi connectivity index (χ0v) is 23.7. The quantitative estimate of drug-likeness (QED) is 0.120. The lowest BCUT2D eigenvalue weighted by Gasteiger charge is -2.27. The highest BCUT2D eigenvalue weighted by Gasteiger charge is 2.19. The van der Waals surface area contributed by atoms with Crippen molar-refractivity contribution in [3.05, 3.63) is 0 Å². The molecule has 0 radical (unpaired) electrons. The fourth-order valence-electron chi connectivity index (χ4n) is 4.32. The van der Waals surface area contributed by atoms with E-state index in [-0.39, 0.29) is 0 Å². The average Bonchev–Trinajstić information content (AvgIpc) is 2.77. The monoisotopic (exact) mass is 460 g/mol. The number of unbranched alkanes of at least 4 members (excludes halogenated alkanes) is 6. The second-order valence-corrected chi connectivity index (χ2v) is 17.0. The van der Waals surface area contributed by atoms with Crippen LogP contribution in [0.25, 0.3) is 0 Å². The SMILES string of the molecule is CCCCP(CCCC)(CCCC)=NCCN=P(CCCC)(CCCC)CCCC. The molecule has 0 fully saturated rings. The first kappa shape index (κ1) is 30.5. The van der Waals surface area contributed by atoms with Gasteiger partial charge in [0.15, 0.2) is 0 Å². The van der Waals surface area contributed by atoms with Gasteiger partial charge >= 0.3 is 0 Å². The molecule has 0 aromatic carbocycles. The van der Waals surface area contributed by atoms with Crippen LogP contribution in [0.15, 0.2) is 9.49 Å². The molecule has 182 valence electrons. The van der Waals surface area contributed by atoms with Crippen LogP contribution in [-0.4, -0.2) is 50.1 Å². The second kappa shape index (κ2) is 20.1. The third-order valence-corrected chi connectivity index (χ3v) is 15.0. The number of nitrogens with zero attached hydrogens (tertiary/aromatic N) is 2. The first-order valence-corrected chi connectivity index (χ1v) is 18.3. The highest BCUT2D eigenvalue weighted by Crippen LogP contribution is 2.53. The van der Waals surface area contributed by atoms with Crippen LogP contribution in [0.5, 0.6) is 0 Å². The summed E-state index contributed by atoms with van der Waals surface area (Å²) in [5, 5.41) is 0. The van der Waals surface area contributed by atoms with Crippen molar-refractivity contribution in [1.29, 1.82) is 0 Å². The fraction of sp³-hybridized carbons (Fsp3) is 1.00. The van der Waals surface area contributed by atoms with Crippen LogP contribution in [0.2, 0.25) is 0 Å². The standard InChI is InChI=1S/C26H58N2P2/c1-7-13-21-29(22-14-8-2,23-15-9-3)27-19-20-28-30(24-16-10-4,25-17-11-5)26-18-12-6/h7-26H2,1-6H3. The predicted molar refractivity (Wildman–Crippen MR) is 147 cm³/mol. The molecule has 0 N–H and O–H groups in total. The van der Waals surface area contributed by atoms with Crippen molar-refractivity contribution in [3.63, 3.8) is 0 Å². The van der Waals surface area contributed by atoms with Gasteiger partial charge in [0.2, 0.25) is 0 Å². The molecule has 0 heterocycles. The summed E-state index contributed by atoms with van der Waals surface area (Å²) < 4.78 is 11.1. The summed E-state index contributed by atoms with van der Waals surface area (Å²) in [6.07, 6.45) is 24.6. The van der Waals surface area contributed by atoms with Gasteiger partial charge in [-0.15, -0.1) is 0 Å². The second-order valence-electron chi connectivity index (χ2n) is 9.38. The third kappa shape index (κ3) is 13.8. The third-order valence-electron chi connectivity index (χ3n) is 6.47. The zero-order valence-electron chi connectivity index (χ0n) is 21.9. The maximum atomic E-state index is 5.55. The minimum atomic E-state index is -1.11. The maximum Gasteiger partial charge on any atom is 0.0569 e. The topological polar surface area (TPSA) is 24.7 Å². The summed E-state index contributed by atoms with van der Waals surface area (Å²) >= 11 is 0. The van der Waals surface area contributed by atoms with E-state index >= 15 is 0 Å². The lowest BCUT2D eigenvalue weighted by atomic mass is 10.4. The Hall–Kier alpha value is 0.460. The van der Waals surface area contributed by atoms with Gasteiger partial charge in [-0.2, -0.15) is 0 Å². The Labute approximate surface area is 192 Å². The molecule has 0 unspecified atom stereocenters. The van der Waals surface area contributed by atoms with E-state index in [1.165, 1.54) is 114 Å². The van der Waals surface area contributed by atoms with E-state index in [1.807, 2.05) is 0 Å². The van der Waals surface area contributed by atoms with Crippen molar-refractivity contribution in [1.82, 2.24) is 0 Å². The van der Waals surface area contributed by atoms with E-state index < -0.39 is 14.1 Å². The summed E-state index contributed by atoms with van der Waals surface area (Å²) in [5.74, 6) is 0. The first-order valence-electron chi connectivity index (χ1n) is 13.7. The molecule has 0 aliphatic heterocycles. The predicted octanol–water partition coefficient (Wildman–Crippen LogP) is 10.2. The van der Waals surface area contributed by atoms with Gasteiger partial charge in [0.05, 0.1) is 13.1 Å². The van der Waals surface area contributed by atoms with Crippen LogP contribution in [0, 0.1) is 0 Å². The Morgan fingerprint density at radius 1 is 0.367 bits per heavy atom. The van der Waals surface area contributed by atoms with E-state index in [0.29, 0.717) is 0 Å². The molecular formula is C26H58N2P2. The number of hydrogen-bond acceptors (Lipinski definition) is 2. The van der Waals surface area contributed by atoms with Crippen LogP contribution in [-0.2, 0) is 0 Å². The first-order chi connectivity index (χ1) is 14.6. The molecule has 0 aromatic rings. The summed E-state index contributed by atoms with van der Waals surface area (Å²) in [6.45, 7) is 16.1. The van der Waals surface area contributed by atoms with E-state index in [4.69, 9.17) is 9.49 Å². The largest absolute Gasteiger partial charge is 0.301 e. The van der Waals surface area contributed by atoms with Crippen molar-refractivity contribution in [3.8, 4) is 0 Å². The van der Waals surface area contributed by atoms with Crippen molar-refractivity contribution >= 4 is 14.1 Å². The summed E-state index contributed by atoms with van der Waals surface area (Å²) in [7, 11) is -2.23. The number of rotatable bonds is 21. The molecule has 0 atom stereocenters. The molecule has 0 aliphatic carbocycles. The van der Waals surface area contributed by atoms with Crippen molar-refractivity contribution < 1.29 is 0 Å². The van der Waals surface area contributed by atoms with Gasteiger partial charge < -0.3 is 9.49 Å². The van der Waals surface area contributed by atoms with E-state index in [9.17, 15) is 0 Å². The molecule has 0 bridgehead atoms. The molecule has 0 spiro atoms. The molecule has 2 nitrogen and oxygen atoms in total. The van der Waals surface area contributed by atoms with Gasteiger partial charge in [0.1, 0.15) is 0 Å². The zero-order chi connectivity index (χ0) is 22.6. The maximum absolute atomic E-state index is 5.55. The number of hydrogen-bond donors (Lipinski definition) is 0.